The fourth-order valence-corrected chi connectivity index (χ4v) is 8.33. The van der Waals surface area contributed by atoms with E-state index in [1.54, 1.807) is 20.2 Å². The van der Waals surface area contributed by atoms with Crippen molar-refractivity contribution in [1.29, 1.82) is 0 Å². The third kappa shape index (κ3) is 4.98. The number of phenolic OH excluding ortho intramolecular Hbond substituents is 1. The summed E-state index contributed by atoms with van der Waals surface area (Å²) in [6.45, 7) is 4.55. The molecule has 0 spiro atoms. The van der Waals surface area contributed by atoms with Crippen LogP contribution in [0.2, 0.25) is 0 Å². The van der Waals surface area contributed by atoms with Crippen molar-refractivity contribution in [2.45, 2.75) is 70.1 Å². The van der Waals surface area contributed by atoms with Crippen LogP contribution in [-0.4, -0.2) is 101 Å². The summed E-state index contributed by atoms with van der Waals surface area (Å²) in [5.74, 6) is -5.83. The van der Waals surface area contributed by atoms with E-state index in [1.807, 2.05) is 19.0 Å². The highest BCUT2D eigenvalue weighted by Gasteiger charge is 2.64. The van der Waals surface area contributed by atoms with Crippen molar-refractivity contribution < 1.29 is 34.8 Å². The van der Waals surface area contributed by atoms with Crippen molar-refractivity contribution in [2.24, 2.45) is 23.5 Å². The van der Waals surface area contributed by atoms with Crippen molar-refractivity contribution in [3.63, 3.8) is 0 Å². The predicted molar refractivity (Wildman–Crippen MR) is 166 cm³/mol. The second-order valence-electron chi connectivity index (χ2n) is 13.4. The standard InChI is InChI=1S/C33H46N4O7/c1-6-37(15-17-10-8-7-9-11-17)16-19-14-22(38)24-20(26(19)35(2)3)12-18-13-21-27(36(4)5)29(40)25(32(34)43)31(42)33(21,44)30(41)23(18)28(24)39/h14,17-18,21,27,38-39,42,44H,6-13,15-16H2,1-5H3,(H2,34,43)/t18-,21-,27-,33-/m0/s1. The Hall–Kier alpha value is -3.41. The minimum atomic E-state index is -2.65. The average molecular weight is 611 g/mol. The number of rotatable bonds is 8. The zero-order chi connectivity index (χ0) is 32.2. The van der Waals surface area contributed by atoms with Crippen LogP contribution in [0.15, 0.2) is 23.0 Å². The molecular formula is C33H46N4O7. The molecule has 0 bridgehead atoms. The van der Waals surface area contributed by atoms with E-state index in [2.05, 4.69) is 11.8 Å². The van der Waals surface area contributed by atoms with Gasteiger partial charge in [-0.15, -0.1) is 0 Å². The molecule has 4 atom stereocenters. The molecule has 4 aliphatic carbocycles. The number of aliphatic hydroxyl groups is 3. The van der Waals surface area contributed by atoms with E-state index in [0.717, 1.165) is 24.3 Å². The van der Waals surface area contributed by atoms with Crippen molar-refractivity contribution in [3.05, 3.63) is 39.7 Å². The van der Waals surface area contributed by atoms with E-state index in [0.29, 0.717) is 18.0 Å². The molecule has 5 rings (SSSR count). The molecule has 44 heavy (non-hydrogen) atoms. The SMILES string of the molecule is CCN(Cc1cc(O)c2c(c1N(C)C)C[C@H]1C[C@H]3[C@H](N(C)C)C(=O)C(C(N)=O)=C(O)[C@@]3(O)C(=O)C1=C2O)CC1CCCCC1. The topological polar surface area (TPSA) is 168 Å². The summed E-state index contributed by atoms with van der Waals surface area (Å²) in [5.41, 5.74) is 4.36. The van der Waals surface area contributed by atoms with Crippen LogP contribution in [0, 0.1) is 17.8 Å². The summed E-state index contributed by atoms with van der Waals surface area (Å²) in [6.07, 6.45) is 6.57. The Morgan fingerprint density at radius 3 is 2.30 bits per heavy atom. The van der Waals surface area contributed by atoms with Gasteiger partial charge >= 0.3 is 0 Å². The van der Waals surface area contributed by atoms with Crippen molar-refractivity contribution in [1.82, 2.24) is 9.80 Å². The maximum atomic E-state index is 14.1. The van der Waals surface area contributed by atoms with Crippen LogP contribution in [-0.2, 0) is 27.3 Å². The Kier molecular flexibility index (Phi) is 8.60. The number of phenols is 1. The molecule has 2 fully saturated rings. The fourth-order valence-electron chi connectivity index (χ4n) is 8.33. The number of anilines is 1. The van der Waals surface area contributed by atoms with E-state index < -0.39 is 58.0 Å². The van der Waals surface area contributed by atoms with Crippen LogP contribution in [0.5, 0.6) is 5.75 Å². The number of likely N-dealkylation sites (N-methyl/N-ethyl adjacent to an activating group) is 1. The number of hydrogen-bond donors (Lipinski definition) is 5. The highest BCUT2D eigenvalue weighted by atomic mass is 16.3. The molecule has 2 saturated carbocycles. The molecule has 4 aliphatic rings. The number of nitrogens with zero attached hydrogens (tertiary/aromatic N) is 3. The third-order valence-corrected chi connectivity index (χ3v) is 10.3. The lowest BCUT2D eigenvalue weighted by Crippen LogP contribution is -2.65. The van der Waals surface area contributed by atoms with Gasteiger partial charge in [-0.05, 0) is 75.4 Å². The minimum absolute atomic E-state index is 0.0619. The molecule has 0 radical (unpaired) electrons. The van der Waals surface area contributed by atoms with E-state index in [4.69, 9.17) is 5.73 Å². The van der Waals surface area contributed by atoms with E-state index >= 15 is 0 Å². The van der Waals surface area contributed by atoms with Gasteiger partial charge in [0.1, 0.15) is 22.8 Å². The summed E-state index contributed by atoms with van der Waals surface area (Å²) in [5, 5.41) is 45.9. The number of aliphatic hydroxyl groups excluding tert-OH is 2. The third-order valence-electron chi connectivity index (χ3n) is 10.3. The number of amides is 1. The van der Waals surface area contributed by atoms with Crippen molar-refractivity contribution >= 4 is 28.9 Å². The lowest BCUT2D eigenvalue weighted by atomic mass is 9.57. The highest BCUT2D eigenvalue weighted by Crippen LogP contribution is 2.54. The van der Waals surface area contributed by atoms with Crippen LogP contribution in [0.4, 0.5) is 5.69 Å². The zero-order valence-electron chi connectivity index (χ0n) is 26.4. The van der Waals surface area contributed by atoms with Gasteiger partial charge in [-0.1, -0.05) is 26.2 Å². The Morgan fingerprint density at radius 1 is 1.07 bits per heavy atom. The molecule has 0 aliphatic heterocycles. The van der Waals surface area contributed by atoms with Gasteiger partial charge in [0.2, 0.25) is 5.78 Å². The van der Waals surface area contributed by atoms with Gasteiger partial charge in [-0.3, -0.25) is 24.2 Å². The number of carbonyl (C=O) groups is 3. The number of benzene rings is 1. The molecule has 240 valence electrons. The molecule has 11 heteroatoms. The zero-order valence-corrected chi connectivity index (χ0v) is 26.4. The summed E-state index contributed by atoms with van der Waals surface area (Å²) in [4.78, 5) is 45.5. The normalized spacial score (nSPS) is 27.5. The van der Waals surface area contributed by atoms with E-state index in [1.165, 1.54) is 37.0 Å². The van der Waals surface area contributed by atoms with Gasteiger partial charge in [0.25, 0.3) is 5.91 Å². The monoisotopic (exact) mass is 610 g/mol. The molecule has 11 nitrogen and oxygen atoms in total. The number of aromatic hydroxyl groups is 1. The summed E-state index contributed by atoms with van der Waals surface area (Å²) >= 11 is 0. The van der Waals surface area contributed by atoms with Gasteiger partial charge < -0.3 is 31.1 Å². The Balaban J connectivity index is 1.61. The lowest BCUT2D eigenvalue weighted by molar-refractivity contribution is -0.153. The van der Waals surface area contributed by atoms with Crippen LogP contribution < -0.4 is 10.6 Å². The van der Waals surface area contributed by atoms with Crippen LogP contribution in [0.1, 0.15) is 62.1 Å². The first-order valence-corrected chi connectivity index (χ1v) is 15.7. The summed E-state index contributed by atoms with van der Waals surface area (Å²) in [7, 11) is 7.00. The van der Waals surface area contributed by atoms with Crippen LogP contribution in [0.3, 0.4) is 0 Å². The maximum absolute atomic E-state index is 14.1. The van der Waals surface area contributed by atoms with Gasteiger partial charge in [0.05, 0.1) is 11.6 Å². The number of nitrogens with two attached hydrogens (primary N) is 1. The van der Waals surface area contributed by atoms with Crippen molar-refractivity contribution in [2.75, 3.05) is 46.2 Å². The molecule has 1 aromatic rings. The number of carbonyl (C=O) groups excluding carboxylic acids is 3. The molecule has 1 amide bonds. The first-order valence-electron chi connectivity index (χ1n) is 15.7. The largest absolute Gasteiger partial charge is 0.508 e. The molecule has 0 unspecified atom stereocenters. The Morgan fingerprint density at radius 2 is 1.73 bits per heavy atom. The summed E-state index contributed by atoms with van der Waals surface area (Å²) < 4.78 is 0. The van der Waals surface area contributed by atoms with Gasteiger partial charge in [0.15, 0.2) is 11.4 Å². The minimum Gasteiger partial charge on any atom is -0.508 e. The molecular weight excluding hydrogens is 564 g/mol. The van der Waals surface area contributed by atoms with E-state index in [9.17, 15) is 34.8 Å². The Bertz CT molecular complexity index is 1440. The van der Waals surface area contributed by atoms with Crippen LogP contribution >= 0.6 is 0 Å². The average Bonchev–Trinajstić information content (AvgIpc) is 2.94. The highest BCUT2D eigenvalue weighted by molar-refractivity contribution is 6.24. The molecule has 1 aromatic carbocycles. The number of hydrogen-bond acceptors (Lipinski definition) is 10. The number of fused-ring (bicyclic) bond motifs is 3. The lowest BCUT2D eigenvalue weighted by Gasteiger charge is -2.50. The smallest absolute Gasteiger partial charge is 0.255 e. The van der Waals surface area contributed by atoms with Crippen LogP contribution in [0.25, 0.3) is 5.76 Å². The quantitative estimate of drug-likeness (QED) is 0.276. The fraction of sp³-hybridized carbons (Fsp3) is 0.606. The molecule has 6 N–H and O–H groups in total. The maximum Gasteiger partial charge on any atom is 0.255 e. The van der Waals surface area contributed by atoms with Crippen molar-refractivity contribution in [3.8, 4) is 5.75 Å². The predicted octanol–water partition coefficient (Wildman–Crippen LogP) is 2.43. The second-order valence-corrected chi connectivity index (χ2v) is 13.4. The van der Waals surface area contributed by atoms with Gasteiger partial charge in [-0.25, -0.2) is 0 Å². The van der Waals surface area contributed by atoms with Gasteiger partial charge in [0, 0.05) is 44.4 Å². The second kappa shape index (κ2) is 11.8. The molecule has 0 saturated heterocycles. The number of Topliss-reactive ketones (excluding diaryl/α,β-unsaturated/α-hetero) is 2. The first kappa shape index (κ1) is 32.0. The van der Waals surface area contributed by atoms with Gasteiger partial charge in [-0.2, -0.15) is 0 Å². The number of primary amides is 1. The Labute approximate surface area is 258 Å². The molecule has 0 aromatic heterocycles. The number of ketones is 2. The van der Waals surface area contributed by atoms with E-state index in [-0.39, 0.29) is 29.7 Å². The molecule has 0 heterocycles. The first-order chi connectivity index (χ1) is 20.7. The summed E-state index contributed by atoms with van der Waals surface area (Å²) in [6, 6.07) is 0.530.